The first kappa shape index (κ1) is 20.9. The van der Waals surface area contributed by atoms with E-state index < -0.39 is 0 Å². The van der Waals surface area contributed by atoms with Crippen molar-refractivity contribution in [1.29, 1.82) is 0 Å². The molecule has 0 aliphatic rings. The molecule has 0 saturated heterocycles. The Morgan fingerprint density at radius 1 is 0.704 bits per heavy atom. The Morgan fingerprint density at radius 3 is 1.74 bits per heavy atom. The van der Waals surface area contributed by atoms with Crippen molar-refractivity contribution < 1.29 is 0 Å². The SMILES string of the molecule is Cc1cccc(C)c1N=C=NCCCCCN=C=Nc1c(C)cccc1P. The zero-order valence-corrected chi connectivity index (χ0v) is 17.5. The van der Waals surface area contributed by atoms with Crippen molar-refractivity contribution in [2.75, 3.05) is 13.1 Å². The van der Waals surface area contributed by atoms with Crippen LogP contribution in [-0.4, -0.2) is 25.1 Å². The van der Waals surface area contributed by atoms with Crippen LogP contribution in [0, 0.1) is 20.8 Å². The van der Waals surface area contributed by atoms with Crippen molar-refractivity contribution in [3.8, 4) is 0 Å². The maximum absolute atomic E-state index is 4.35. The summed E-state index contributed by atoms with van der Waals surface area (Å²) in [6.07, 6.45) is 3.09. The summed E-state index contributed by atoms with van der Waals surface area (Å²) in [5.41, 5.74) is 5.33. The average Bonchev–Trinajstić information content (AvgIpc) is 2.63. The second-order valence-corrected chi connectivity index (χ2v) is 7.12. The van der Waals surface area contributed by atoms with Crippen molar-refractivity contribution in [1.82, 2.24) is 0 Å². The normalized spacial score (nSPS) is 9.93. The van der Waals surface area contributed by atoms with Gasteiger partial charge in [-0.3, -0.25) is 0 Å². The molecule has 2 aromatic carbocycles. The van der Waals surface area contributed by atoms with E-state index in [0.29, 0.717) is 0 Å². The van der Waals surface area contributed by atoms with E-state index in [4.69, 9.17) is 0 Å². The standard InChI is InChI=1S/C22H27N4P/c1-17-9-7-10-18(2)21(17)25-15-23-13-5-4-6-14-24-16-26-22-19(3)11-8-12-20(22)27/h7-12H,4-6,13-14,27H2,1-3H3. The maximum atomic E-state index is 4.35. The summed E-state index contributed by atoms with van der Waals surface area (Å²) in [5.74, 6) is 0. The highest BCUT2D eigenvalue weighted by Gasteiger charge is 1.99. The maximum Gasteiger partial charge on any atom is 0.0949 e. The van der Waals surface area contributed by atoms with Gasteiger partial charge in [-0.15, -0.1) is 9.24 Å². The molecule has 2 aromatic rings. The lowest BCUT2D eigenvalue weighted by atomic mass is 10.1. The molecule has 5 heteroatoms. The molecule has 0 spiro atoms. The minimum Gasteiger partial charge on any atom is -0.225 e. The molecule has 0 saturated carbocycles. The minimum absolute atomic E-state index is 0.738. The van der Waals surface area contributed by atoms with Gasteiger partial charge in [-0.1, -0.05) is 36.4 Å². The number of unbranched alkanes of at least 4 members (excludes halogenated alkanes) is 2. The van der Waals surface area contributed by atoms with Crippen LogP contribution in [0.1, 0.15) is 36.0 Å². The van der Waals surface area contributed by atoms with Gasteiger partial charge in [0.05, 0.1) is 23.4 Å². The second-order valence-electron chi connectivity index (χ2n) is 6.50. The molecule has 0 aromatic heterocycles. The molecule has 0 aliphatic carbocycles. The Balaban J connectivity index is 1.69. The molecule has 0 bridgehead atoms. The van der Waals surface area contributed by atoms with Gasteiger partial charge < -0.3 is 0 Å². The predicted octanol–water partition coefficient (Wildman–Crippen LogP) is 5.59. The summed E-state index contributed by atoms with van der Waals surface area (Å²) in [7, 11) is 2.69. The number of benzene rings is 2. The fourth-order valence-electron chi connectivity index (χ4n) is 2.65. The van der Waals surface area contributed by atoms with Gasteiger partial charge in [0.25, 0.3) is 0 Å². The van der Waals surface area contributed by atoms with Gasteiger partial charge in [0.2, 0.25) is 0 Å². The van der Waals surface area contributed by atoms with Gasteiger partial charge in [0, 0.05) is 13.1 Å². The van der Waals surface area contributed by atoms with Crippen molar-refractivity contribution in [2.45, 2.75) is 40.0 Å². The van der Waals surface area contributed by atoms with E-state index in [1.54, 1.807) is 0 Å². The molecule has 1 atom stereocenters. The monoisotopic (exact) mass is 378 g/mol. The Kier molecular flexibility index (Phi) is 8.81. The number of aliphatic imine (C=N–C) groups is 4. The Labute approximate surface area is 164 Å². The zero-order valence-electron chi connectivity index (χ0n) is 16.4. The van der Waals surface area contributed by atoms with Crippen molar-refractivity contribution in [3.05, 3.63) is 53.1 Å². The van der Waals surface area contributed by atoms with Crippen LogP contribution >= 0.6 is 9.24 Å². The second kappa shape index (κ2) is 11.4. The molecular weight excluding hydrogens is 351 g/mol. The van der Waals surface area contributed by atoms with E-state index in [0.717, 1.165) is 65.7 Å². The quantitative estimate of drug-likeness (QED) is 0.326. The molecule has 140 valence electrons. The van der Waals surface area contributed by atoms with Crippen LogP contribution in [0.3, 0.4) is 0 Å². The topological polar surface area (TPSA) is 49.4 Å². The smallest absolute Gasteiger partial charge is 0.0949 e. The van der Waals surface area contributed by atoms with E-state index >= 15 is 0 Å². The van der Waals surface area contributed by atoms with Crippen molar-refractivity contribution in [3.63, 3.8) is 0 Å². The minimum atomic E-state index is 0.738. The third-order valence-corrected chi connectivity index (χ3v) is 4.68. The predicted molar refractivity (Wildman–Crippen MR) is 119 cm³/mol. The van der Waals surface area contributed by atoms with Gasteiger partial charge in [-0.2, -0.15) is 9.98 Å². The fourth-order valence-corrected chi connectivity index (χ4v) is 3.05. The van der Waals surface area contributed by atoms with Gasteiger partial charge >= 0.3 is 0 Å². The van der Waals surface area contributed by atoms with Crippen LogP contribution in [0.25, 0.3) is 0 Å². The molecule has 0 radical (unpaired) electrons. The fraction of sp³-hybridized carbons (Fsp3) is 0.364. The largest absolute Gasteiger partial charge is 0.225 e. The third-order valence-electron chi connectivity index (χ3n) is 4.21. The molecule has 2 rings (SSSR count). The van der Waals surface area contributed by atoms with Crippen LogP contribution in [0.15, 0.2) is 56.4 Å². The summed E-state index contributed by atoms with van der Waals surface area (Å²) in [6.45, 7) is 7.62. The lowest BCUT2D eigenvalue weighted by Crippen LogP contribution is -1.92. The Hall–Kier alpha value is -2.37. The van der Waals surface area contributed by atoms with Crippen LogP contribution < -0.4 is 5.30 Å². The number of rotatable bonds is 8. The summed E-state index contributed by atoms with van der Waals surface area (Å²) >= 11 is 0. The van der Waals surface area contributed by atoms with Gasteiger partial charge in [0.1, 0.15) is 0 Å². The van der Waals surface area contributed by atoms with E-state index in [2.05, 4.69) is 67.2 Å². The summed E-state index contributed by atoms with van der Waals surface area (Å²) in [5, 5.41) is 1.07. The van der Waals surface area contributed by atoms with Gasteiger partial charge in [-0.25, -0.2) is 9.98 Å². The molecular formula is C22H27N4P. The first-order chi connectivity index (χ1) is 13.1. The van der Waals surface area contributed by atoms with E-state index in [9.17, 15) is 0 Å². The summed E-state index contributed by atoms with van der Waals surface area (Å²) in [4.78, 5) is 17.2. The first-order valence-electron chi connectivity index (χ1n) is 9.25. The molecule has 0 N–H and O–H groups in total. The number of hydrogen-bond donors (Lipinski definition) is 0. The van der Waals surface area contributed by atoms with Crippen molar-refractivity contribution in [2.24, 2.45) is 20.0 Å². The van der Waals surface area contributed by atoms with E-state index in [1.165, 1.54) is 0 Å². The number of para-hydroxylation sites is 2. The lowest BCUT2D eigenvalue weighted by Gasteiger charge is -2.00. The van der Waals surface area contributed by atoms with Gasteiger partial charge in [-0.05, 0) is 62.0 Å². The van der Waals surface area contributed by atoms with Crippen LogP contribution in [0.5, 0.6) is 0 Å². The highest BCUT2D eigenvalue weighted by molar-refractivity contribution is 7.28. The molecule has 4 nitrogen and oxygen atoms in total. The average molecular weight is 378 g/mol. The van der Waals surface area contributed by atoms with Gasteiger partial charge in [0.15, 0.2) is 0 Å². The number of aryl methyl sites for hydroxylation is 3. The molecule has 0 heterocycles. The molecule has 27 heavy (non-hydrogen) atoms. The highest BCUT2D eigenvalue weighted by Crippen LogP contribution is 2.22. The van der Waals surface area contributed by atoms with Crippen LogP contribution in [-0.2, 0) is 0 Å². The molecule has 1 unspecified atom stereocenters. The van der Waals surface area contributed by atoms with E-state index in [-0.39, 0.29) is 0 Å². The van der Waals surface area contributed by atoms with Crippen LogP contribution in [0.2, 0.25) is 0 Å². The van der Waals surface area contributed by atoms with Crippen molar-refractivity contribution >= 4 is 37.9 Å². The van der Waals surface area contributed by atoms with E-state index in [1.807, 2.05) is 31.2 Å². The summed E-state index contributed by atoms with van der Waals surface area (Å²) in [6, 6.07) is 17.8. The van der Waals surface area contributed by atoms with Crippen LogP contribution in [0.4, 0.5) is 11.4 Å². The molecule has 0 amide bonds. The number of hydrogen-bond acceptors (Lipinski definition) is 4. The molecule has 0 aliphatic heterocycles. The molecule has 0 fully saturated rings. The Morgan fingerprint density at radius 2 is 1.19 bits per heavy atom. The zero-order chi connectivity index (χ0) is 19.5. The third kappa shape index (κ3) is 7.04. The summed E-state index contributed by atoms with van der Waals surface area (Å²) < 4.78 is 0. The number of nitrogens with zero attached hydrogens (tertiary/aromatic N) is 4. The first-order valence-corrected chi connectivity index (χ1v) is 9.83. The Bertz CT molecular complexity index is 775. The lowest BCUT2D eigenvalue weighted by molar-refractivity contribution is 0.698. The highest BCUT2D eigenvalue weighted by atomic mass is 31.0.